The summed E-state index contributed by atoms with van der Waals surface area (Å²) in [6, 6.07) is 7.88. The van der Waals surface area contributed by atoms with Crippen molar-refractivity contribution < 1.29 is 4.79 Å². The van der Waals surface area contributed by atoms with Gasteiger partial charge < -0.3 is 9.97 Å². The highest BCUT2D eigenvalue weighted by molar-refractivity contribution is 6.13. The summed E-state index contributed by atoms with van der Waals surface area (Å²) < 4.78 is 0. The zero-order valence-corrected chi connectivity index (χ0v) is 12.2. The minimum atomic E-state index is 0.184. The summed E-state index contributed by atoms with van der Waals surface area (Å²) in [5.41, 5.74) is 3.81. The molecule has 0 aliphatic heterocycles. The topological polar surface area (TPSA) is 48.6 Å². The van der Waals surface area contributed by atoms with Gasteiger partial charge in [0, 0.05) is 34.9 Å². The molecule has 2 aromatic rings. The minimum Gasteiger partial charge on any atom is -0.362 e. The van der Waals surface area contributed by atoms with E-state index in [4.69, 9.17) is 0 Å². The van der Waals surface area contributed by atoms with E-state index in [1.807, 2.05) is 48.8 Å². The molecule has 1 aliphatic rings. The van der Waals surface area contributed by atoms with Crippen LogP contribution in [0.5, 0.6) is 0 Å². The Balaban J connectivity index is 1.93. The van der Waals surface area contributed by atoms with Crippen molar-refractivity contribution in [1.82, 2.24) is 9.97 Å². The molecule has 0 amide bonds. The van der Waals surface area contributed by atoms with Gasteiger partial charge in [0.05, 0.1) is 0 Å². The van der Waals surface area contributed by atoms with Gasteiger partial charge in [0.2, 0.25) is 0 Å². The summed E-state index contributed by atoms with van der Waals surface area (Å²) in [5.74, 6) is 0.731. The molecule has 1 fully saturated rings. The maximum absolute atomic E-state index is 12.7. The van der Waals surface area contributed by atoms with E-state index in [0.717, 1.165) is 41.8 Å². The van der Waals surface area contributed by atoms with Crippen LogP contribution in [-0.2, 0) is 4.79 Å². The van der Waals surface area contributed by atoms with E-state index in [9.17, 15) is 4.79 Å². The van der Waals surface area contributed by atoms with E-state index in [-0.39, 0.29) is 5.78 Å². The van der Waals surface area contributed by atoms with Crippen LogP contribution in [0.15, 0.2) is 47.8 Å². The number of rotatable bonds is 3. The maximum atomic E-state index is 12.7. The zero-order valence-electron chi connectivity index (χ0n) is 12.2. The van der Waals surface area contributed by atoms with E-state index in [1.165, 1.54) is 0 Å². The fraction of sp³-hybridized carbons (Fsp3) is 0.278. The lowest BCUT2D eigenvalue weighted by Crippen LogP contribution is -2.19. The third-order valence-corrected chi connectivity index (χ3v) is 4.08. The number of aromatic nitrogens is 2. The second-order valence-corrected chi connectivity index (χ2v) is 5.60. The molecule has 3 nitrogen and oxygen atoms in total. The lowest BCUT2D eigenvalue weighted by atomic mass is 9.79. The quantitative estimate of drug-likeness (QED) is 0.813. The number of ketones is 1. The molecule has 0 saturated heterocycles. The fourth-order valence-electron chi connectivity index (χ4n) is 2.87. The zero-order chi connectivity index (χ0) is 14.7. The number of aromatic amines is 2. The minimum absolute atomic E-state index is 0.184. The van der Waals surface area contributed by atoms with Crippen molar-refractivity contribution in [2.24, 2.45) is 5.92 Å². The number of nitrogens with one attached hydrogen (secondary N) is 2. The van der Waals surface area contributed by atoms with Crippen LogP contribution in [0.4, 0.5) is 0 Å². The summed E-state index contributed by atoms with van der Waals surface area (Å²) in [4.78, 5) is 19.0. The van der Waals surface area contributed by atoms with E-state index < -0.39 is 0 Å². The van der Waals surface area contributed by atoms with Gasteiger partial charge in [-0.05, 0) is 55.2 Å². The smallest absolute Gasteiger partial charge is 0.185 e. The first kappa shape index (κ1) is 13.7. The third-order valence-electron chi connectivity index (χ3n) is 4.08. The van der Waals surface area contributed by atoms with Gasteiger partial charge in [-0.2, -0.15) is 0 Å². The van der Waals surface area contributed by atoms with Crippen molar-refractivity contribution in [3.8, 4) is 0 Å². The number of hydrogen-bond donors (Lipinski definition) is 2. The Hall–Kier alpha value is -2.29. The molecule has 0 radical (unpaired) electrons. The van der Waals surface area contributed by atoms with Crippen molar-refractivity contribution in [2.75, 3.05) is 0 Å². The Morgan fingerprint density at radius 1 is 1.05 bits per heavy atom. The average molecular weight is 280 g/mol. The number of hydrogen-bond acceptors (Lipinski definition) is 1. The monoisotopic (exact) mass is 280 g/mol. The summed E-state index contributed by atoms with van der Waals surface area (Å²) in [7, 11) is 0. The first-order valence-electron chi connectivity index (χ1n) is 7.49. The van der Waals surface area contributed by atoms with Gasteiger partial charge in [-0.1, -0.05) is 13.3 Å². The molecular formula is C18H20N2O. The lowest BCUT2D eigenvalue weighted by Gasteiger charge is -2.24. The summed E-state index contributed by atoms with van der Waals surface area (Å²) in [6.07, 6.45) is 10.6. The Bertz CT molecular complexity index is 604. The predicted molar refractivity (Wildman–Crippen MR) is 85.6 cm³/mol. The molecule has 0 spiro atoms. The number of Topliss-reactive ketones (excluding diaryl/α,β-unsaturated/α-hetero) is 1. The van der Waals surface area contributed by atoms with Crippen LogP contribution in [0.25, 0.3) is 12.2 Å². The Morgan fingerprint density at radius 3 is 1.95 bits per heavy atom. The number of allylic oxidation sites excluding steroid dienone is 2. The van der Waals surface area contributed by atoms with Crippen LogP contribution in [0.1, 0.15) is 37.6 Å². The first-order valence-corrected chi connectivity index (χ1v) is 7.49. The largest absolute Gasteiger partial charge is 0.362 e. The van der Waals surface area contributed by atoms with Gasteiger partial charge in [-0.3, -0.25) is 4.79 Å². The summed E-state index contributed by atoms with van der Waals surface area (Å²) in [5, 5.41) is 0. The molecule has 2 N–H and O–H groups in total. The molecule has 108 valence electrons. The lowest BCUT2D eigenvalue weighted by molar-refractivity contribution is -0.113. The van der Waals surface area contributed by atoms with Crippen LogP contribution in [0, 0.1) is 5.92 Å². The van der Waals surface area contributed by atoms with Gasteiger partial charge in [-0.25, -0.2) is 0 Å². The number of carbonyl (C=O) groups is 1. The van der Waals surface area contributed by atoms with Gasteiger partial charge in [0.15, 0.2) is 5.78 Å². The highest BCUT2D eigenvalue weighted by Gasteiger charge is 2.26. The molecule has 21 heavy (non-hydrogen) atoms. The average Bonchev–Trinajstić information content (AvgIpc) is 3.16. The molecule has 2 heterocycles. The SMILES string of the molecule is CCC1C/C(=C/c2ccc[nH]2)C(=O)/C(=C/c2ccc[nH]2)C1. The van der Waals surface area contributed by atoms with E-state index in [2.05, 4.69) is 16.9 Å². The number of carbonyl (C=O) groups excluding carboxylic acids is 1. The molecule has 1 aliphatic carbocycles. The molecule has 1 unspecified atom stereocenters. The number of H-pyrrole nitrogens is 2. The summed E-state index contributed by atoms with van der Waals surface area (Å²) >= 11 is 0. The van der Waals surface area contributed by atoms with E-state index in [0.29, 0.717) is 5.92 Å². The van der Waals surface area contributed by atoms with Crippen LogP contribution < -0.4 is 0 Å². The molecule has 0 aromatic carbocycles. The molecular weight excluding hydrogens is 260 g/mol. The third kappa shape index (κ3) is 3.07. The van der Waals surface area contributed by atoms with Crippen LogP contribution >= 0.6 is 0 Å². The second-order valence-electron chi connectivity index (χ2n) is 5.60. The molecule has 3 heteroatoms. The Kier molecular flexibility index (Phi) is 3.91. The second kappa shape index (κ2) is 6.00. The maximum Gasteiger partial charge on any atom is 0.185 e. The van der Waals surface area contributed by atoms with Gasteiger partial charge in [0.1, 0.15) is 0 Å². The van der Waals surface area contributed by atoms with Crippen LogP contribution in [0.3, 0.4) is 0 Å². The van der Waals surface area contributed by atoms with Gasteiger partial charge in [-0.15, -0.1) is 0 Å². The molecule has 3 rings (SSSR count). The molecule has 2 aromatic heterocycles. The Labute approximate surface area is 124 Å². The molecule has 0 bridgehead atoms. The van der Waals surface area contributed by atoms with Crippen molar-refractivity contribution in [2.45, 2.75) is 26.2 Å². The van der Waals surface area contributed by atoms with E-state index in [1.54, 1.807) is 0 Å². The molecule has 1 saturated carbocycles. The highest BCUT2D eigenvalue weighted by Crippen LogP contribution is 2.33. The standard InChI is InChI=1S/C18H20N2O/c1-2-13-9-14(11-16-5-3-7-19-16)18(21)15(10-13)12-17-6-4-8-20-17/h3-8,11-13,19-20H,2,9-10H2,1H3/b14-11-,15-12+. The van der Waals surface area contributed by atoms with E-state index >= 15 is 0 Å². The van der Waals surface area contributed by atoms with Crippen molar-refractivity contribution in [3.05, 3.63) is 59.2 Å². The van der Waals surface area contributed by atoms with Crippen molar-refractivity contribution in [1.29, 1.82) is 0 Å². The molecule has 1 atom stereocenters. The van der Waals surface area contributed by atoms with Crippen molar-refractivity contribution >= 4 is 17.9 Å². The fourth-order valence-corrected chi connectivity index (χ4v) is 2.87. The van der Waals surface area contributed by atoms with Crippen LogP contribution in [-0.4, -0.2) is 15.8 Å². The van der Waals surface area contributed by atoms with Crippen molar-refractivity contribution in [3.63, 3.8) is 0 Å². The highest BCUT2D eigenvalue weighted by atomic mass is 16.1. The normalized spacial score (nSPS) is 23.1. The summed E-state index contributed by atoms with van der Waals surface area (Å²) in [6.45, 7) is 2.19. The first-order chi connectivity index (χ1) is 10.3. The Morgan fingerprint density at radius 2 is 1.57 bits per heavy atom. The van der Waals surface area contributed by atoms with Gasteiger partial charge >= 0.3 is 0 Å². The van der Waals surface area contributed by atoms with Gasteiger partial charge in [0.25, 0.3) is 0 Å². The predicted octanol–water partition coefficient (Wildman–Crippen LogP) is 4.20. The van der Waals surface area contributed by atoms with Crippen LogP contribution in [0.2, 0.25) is 0 Å².